The third-order valence-corrected chi connectivity index (χ3v) is 8.01. The van der Waals surface area contributed by atoms with Gasteiger partial charge in [0.1, 0.15) is 0 Å². The van der Waals surface area contributed by atoms with Gasteiger partial charge in [0.15, 0.2) is 0 Å². The van der Waals surface area contributed by atoms with Crippen molar-refractivity contribution in [1.82, 2.24) is 0 Å². The van der Waals surface area contributed by atoms with Crippen LogP contribution in [0.4, 0.5) is 11.4 Å². The summed E-state index contributed by atoms with van der Waals surface area (Å²) in [5, 5.41) is 8.36. The van der Waals surface area contributed by atoms with Gasteiger partial charge < -0.3 is 0 Å². The van der Waals surface area contributed by atoms with Crippen LogP contribution in [0.1, 0.15) is 0 Å². The molecule has 0 aliphatic heterocycles. The molecule has 0 fully saturated rings. The zero-order valence-electron chi connectivity index (χ0n) is 12.6. The molecule has 2 atom stereocenters. The molecule has 0 radical (unpaired) electrons. The Labute approximate surface area is 164 Å². The molecule has 128 valence electrons. The molecule has 2 aromatic carbocycles. The summed E-state index contributed by atoms with van der Waals surface area (Å²) in [6.07, 6.45) is 0. The summed E-state index contributed by atoms with van der Waals surface area (Å²) in [7, 11) is 2.83. The number of hydrogen-bond acceptors (Lipinski definition) is 6. The summed E-state index contributed by atoms with van der Waals surface area (Å²) < 4.78 is 35.7. The fourth-order valence-electron chi connectivity index (χ4n) is 1.64. The van der Waals surface area contributed by atoms with Gasteiger partial charge in [-0.05, 0) is 0 Å². The fourth-order valence-corrected chi connectivity index (χ4v) is 5.70. The molecule has 0 aromatic heterocycles. The molecular formula is C14H12Br2N2O4Se2. The van der Waals surface area contributed by atoms with Crippen LogP contribution in [0.3, 0.4) is 0 Å². The third kappa shape index (κ3) is 5.03. The van der Waals surface area contributed by atoms with E-state index in [1.807, 2.05) is 0 Å². The number of azo groups is 1. The summed E-state index contributed by atoms with van der Waals surface area (Å²) in [5.74, 6) is 0. The second kappa shape index (κ2) is 9.31. The van der Waals surface area contributed by atoms with Crippen molar-refractivity contribution in [3.05, 3.63) is 45.3 Å². The average Bonchev–Trinajstić information content (AvgIpc) is 2.60. The van der Waals surface area contributed by atoms with Gasteiger partial charge in [0, 0.05) is 0 Å². The predicted octanol–water partition coefficient (Wildman–Crippen LogP) is 3.17. The van der Waals surface area contributed by atoms with Crippen molar-refractivity contribution < 1.29 is 15.3 Å². The van der Waals surface area contributed by atoms with Crippen LogP contribution in [0.5, 0.6) is 0 Å². The number of halogens is 2. The molecule has 0 aliphatic carbocycles. The van der Waals surface area contributed by atoms with Crippen molar-refractivity contribution in [2.45, 2.75) is 0 Å². The van der Waals surface area contributed by atoms with E-state index in [1.165, 1.54) is 14.2 Å². The molecule has 0 spiro atoms. The Balaban J connectivity index is 2.25. The molecule has 0 saturated heterocycles. The normalized spacial score (nSPS) is 14.0. The fraction of sp³-hybridized carbons (Fsp3) is 0.143. The van der Waals surface area contributed by atoms with E-state index >= 15 is 0 Å². The molecule has 2 rings (SSSR count). The van der Waals surface area contributed by atoms with Crippen molar-refractivity contribution >= 4 is 80.5 Å². The molecule has 0 bridgehead atoms. The van der Waals surface area contributed by atoms with E-state index in [0.29, 0.717) is 29.2 Å². The molecule has 0 heterocycles. The van der Waals surface area contributed by atoms with Gasteiger partial charge in [-0.15, -0.1) is 0 Å². The topological polar surface area (TPSA) is 77.3 Å². The van der Waals surface area contributed by atoms with E-state index in [1.54, 1.807) is 36.4 Å². The van der Waals surface area contributed by atoms with Gasteiger partial charge in [0.25, 0.3) is 0 Å². The second-order valence-corrected chi connectivity index (χ2v) is 11.3. The first-order valence-electron chi connectivity index (χ1n) is 6.39. The molecule has 0 N–H and O–H groups in total. The van der Waals surface area contributed by atoms with E-state index in [9.17, 15) is 7.67 Å². The van der Waals surface area contributed by atoms with Crippen molar-refractivity contribution in [1.29, 1.82) is 0 Å². The van der Waals surface area contributed by atoms with Gasteiger partial charge in [-0.3, -0.25) is 0 Å². The van der Waals surface area contributed by atoms with Crippen LogP contribution in [0.25, 0.3) is 0 Å². The Morgan fingerprint density at radius 3 is 1.46 bits per heavy atom. The number of benzene rings is 2. The average molecular weight is 590 g/mol. The summed E-state index contributed by atoms with van der Waals surface area (Å²) in [6, 6.07) is 10.2. The summed E-state index contributed by atoms with van der Waals surface area (Å²) in [6.45, 7) is 0. The van der Waals surface area contributed by atoms with Gasteiger partial charge in [-0.1, -0.05) is 0 Å². The predicted molar refractivity (Wildman–Crippen MR) is 98.6 cm³/mol. The van der Waals surface area contributed by atoms with Gasteiger partial charge in [0.2, 0.25) is 0 Å². The quantitative estimate of drug-likeness (QED) is 0.383. The molecule has 2 aromatic rings. The summed E-state index contributed by atoms with van der Waals surface area (Å²) in [5.41, 5.74) is 1.19. The molecule has 0 amide bonds. The molecule has 10 heteroatoms. The Morgan fingerprint density at radius 2 is 1.17 bits per heavy atom. The Morgan fingerprint density at radius 1 is 0.792 bits per heavy atom. The minimum absolute atomic E-state index is 0.594. The first-order valence-corrected chi connectivity index (χ1v) is 12.5. The van der Waals surface area contributed by atoms with E-state index in [0.717, 1.165) is 0 Å². The first-order chi connectivity index (χ1) is 11.5. The molecule has 2 unspecified atom stereocenters. The van der Waals surface area contributed by atoms with Gasteiger partial charge in [0.05, 0.1) is 0 Å². The van der Waals surface area contributed by atoms with Crippen LogP contribution in [0.2, 0.25) is 0 Å². The number of nitrogens with zero attached hydrogens (tertiary/aromatic N) is 2. The van der Waals surface area contributed by atoms with Crippen LogP contribution < -0.4 is 8.92 Å². The molecule has 6 nitrogen and oxygen atoms in total. The van der Waals surface area contributed by atoms with Crippen molar-refractivity contribution in [2.75, 3.05) is 14.2 Å². The van der Waals surface area contributed by atoms with Crippen molar-refractivity contribution in [3.63, 3.8) is 0 Å². The monoisotopic (exact) mass is 590 g/mol. The Kier molecular flexibility index (Phi) is 7.71. The first kappa shape index (κ1) is 19.9. The van der Waals surface area contributed by atoms with Crippen LogP contribution >= 0.6 is 31.9 Å². The molecule has 0 aliphatic rings. The van der Waals surface area contributed by atoms with Crippen LogP contribution in [0, 0.1) is 0 Å². The Bertz CT molecular complexity index is 763. The van der Waals surface area contributed by atoms with Crippen molar-refractivity contribution in [3.8, 4) is 0 Å². The minimum atomic E-state index is -2.46. The van der Waals surface area contributed by atoms with E-state index in [2.05, 4.69) is 42.1 Å². The number of rotatable bonds is 6. The van der Waals surface area contributed by atoms with Gasteiger partial charge in [-0.25, -0.2) is 0 Å². The van der Waals surface area contributed by atoms with Crippen LogP contribution in [-0.2, 0) is 15.3 Å². The van der Waals surface area contributed by atoms with E-state index < -0.39 is 28.3 Å². The van der Waals surface area contributed by atoms with Crippen LogP contribution in [0.15, 0.2) is 55.6 Å². The van der Waals surface area contributed by atoms with Crippen LogP contribution in [-0.4, -0.2) is 42.5 Å². The summed E-state index contributed by atoms with van der Waals surface area (Å²) >= 11 is 1.85. The van der Waals surface area contributed by atoms with E-state index in [-0.39, 0.29) is 0 Å². The molecule has 24 heavy (non-hydrogen) atoms. The standard InChI is InChI=1S/C14H12Br2N2O4Se2/c1-21-23(19)9-3-5-13(11(15)7-9)17-18-14-6-4-10(8-12(14)16)24(20)22-2/h3-8H,1-2H3. The summed E-state index contributed by atoms with van der Waals surface area (Å²) in [4.78, 5) is 0. The zero-order chi connectivity index (χ0) is 17.7. The van der Waals surface area contributed by atoms with Gasteiger partial charge in [-0.2, -0.15) is 0 Å². The zero-order valence-corrected chi connectivity index (χ0v) is 19.2. The molecule has 0 saturated carbocycles. The second-order valence-electron chi connectivity index (χ2n) is 4.23. The Hall–Kier alpha value is -0.441. The maximum absolute atomic E-state index is 11.7. The SMILES string of the molecule is CO[Se](=O)c1ccc(N=Nc2ccc([Se](=O)OC)cc2Br)c(Br)c1. The van der Waals surface area contributed by atoms with Gasteiger partial charge >= 0.3 is 166 Å². The maximum atomic E-state index is 11.7. The molecular weight excluding hydrogens is 578 g/mol. The van der Waals surface area contributed by atoms with Crippen molar-refractivity contribution in [2.24, 2.45) is 10.2 Å². The number of hydrogen-bond donors (Lipinski definition) is 0. The third-order valence-electron chi connectivity index (χ3n) is 2.79. The van der Waals surface area contributed by atoms with E-state index in [4.69, 9.17) is 7.64 Å².